The highest BCUT2D eigenvalue weighted by Gasteiger charge is 2.07. The van der Waals surface area contributed by atoms with Crippen LogP contribution in [0.3, 0.4) is 0 Å². The van der Waals surface area contributed by atoms with Crippen LogP contribution >= 0.6 is 0 Å². The Morgan fingerprint density at radius 1 is 0.806 bits per heavy atom. The van der Waals surface area contributed by atoms with Crippen LogP contribution in [0, 0.1) is 5.92 Å². The van der Waals surface area contributed by atoms with E-state index in [2.05, 4.69) is 16.0 Å². The number of carbonyl (C=O) groups is 3. The van der Waals surface area contributed by atoms with E-state index in [1.807, 2.05) is 50.2 Å². The van der Waals surface area contributed by atoms with Gasteiger partial charge in [0.2, 0.25) is 17.7 Å². The Bertz CT molecular complexity index is 875. The molecular weight excluding hydrogens is 392 g/mol. The van der Waals surface area contributed by atoms with Gasteiger partial charge in [0, 0.05) is 44.0 Å². The fraction of sp³-hybridized carbons (Fsp3) is 0.375. The summed E-state index contributed by atoms with van der Waals surface area (Å²) in [6.45, 7) is 4.12. The number of carbonyl (C=O) groups excluding carboxylic acids is 3. The number of hydrogen-bond acceptors (Lipinski definition) is 4. The number of anilines is 3. The topological polar surface area (TPSA) is 90.5 Å². The molecule has 0 aliphatic carbocycles. The van der Waals surface area contributed by atoms with E-state index in [4.69, 9.17) is 0 Å². The standard InChI is InChI=1S/C24H32N4O3/c1-17(2)15-22(29)26-21-12-10-19(11-13-21)25-16-23(30)27-20-8-5-18(6-9-20)7-14-24(31)28(3)4/h5-6,8-13,17,25H,7,14-16H2,1-4H3,(H,26,29)(H,27,30). The van der Waals surface area contributed by atoms with E-state index in [0.717, 1.165) is 16.9 Å². The van der Waals surface area contributed by atoms with Crippen molar-refractivity contribution in [1.82, 2.24) is 4.90 Å². The van der Waals surface area contributed by atoms with E-state index in [0.29, 0.717) is 30.9 Å². The summed E-state index contributed by atoms with van der Waals surface area (Å²) in [5, 5.41) is 8.77. The summed E-state index contributed by atoms with van der Waals surface area (Å²) in [5.41, 5.74) is 3.27. The second-order valence-electron chi connectivity index (χ2n) is 8.11. The fourth-order valence-electron chi connectivity index (χ4n) is 2.87. The molecule has 3 N–H and O–H groups in total. The molecule has 2 rings (SSSR count). The molecule has 0 spiro atoms. The molecule has 3 amide bonds. The highest BCUT2D eigenvalue weighted by molar-refractivity contribution is 5.94. The summed E-state index contributed by atoms with van der Waals surface area (Å²) in [6, 6.07) is 14.8. The molecule has 0 radical (unpaired) electrons. The first-order valence-electron chi connectivity index (χ1n) is 10.5. The predicted octanol–water partition coefficient (Wildman–Crippen LogP) is 3.74. The third-order valence-corrected chi connectivity index (χ3v) is 4.58. The van der Waals surface area contributed by atoms with Gasteiger partial charge in [-0.2, -0.15) is 0 Å². The highest BCUT2D eigenvalue weighted by Crippen LogP contribution is 2.15. The molecular formula is C24H32N4O3. The van der Waals surface area contributed by atoms with Crippen molar-refractivity contribution in [3.63, 3.8) is 0 Å². The minimum atomic E-state index is -0.162. The summed E-state index contributed by atoms with van der Waals surface area (Å²) in [7, 11) is 3.49. The van der Waals surface area contributed by atoms with Crippen molar-refractivity contribution in [1.29, 1.82) is 0 Å². The van der Waals surface area contributed by atoms with E-state index in [9.17, 15) is 14.4 Å². The number of nitrogens with one attached hydrogen (secondary N) is 3. The van der Waals surface area contributed by atoms with Crippen LogP contribution < -0.4 is 16.0 Å². The van der Waals surface area contributed by atoms with Crippen LogP contribution in [0.1, 0.15) is 32.3 Å². The van der Waals surface area contributed by atoms with E-state index in [1.165, 1.54) is 0 Å². The summed E-state index contributed by atoms with van der Waals surface area (Å²) >= 11 is 0. The Labute approximate surface area is 184 Å². The van der Waals surface area contributed by atoms with Crippen LogP contribution in [-0.4, -0.2) is 43.3 Å². The second-order valence-corrected chi connectivity index (χ2v) is 8.11. The maximum atomic E-state index is 12.2. The molecule has 2 aromatic rings. The van der Waals surface area contributed by atoms with Gasteiger partial charge in [0.25, 0.3) is 0 Å². The molecule has 0 aliphatic rings. The summed E-state index contributed by atoms with van der Waals surface area (Å²) in [5.74, 6) is 0.229. The molecule has 0 saturated heterocycles. The zero-order valence-corrected chi connectivity index (χ0v) is 18.7. The van der Waals surface area contributed by atoms with E-state index in [-0.39, 0.29) is 24.3 Å². The van der Waals surface area contributed by atoms with Crippen LogP contribution in [0.15, 0.2) is 48.5 Å². The van der Waals surface area contributed by atoms with Crippen LogP contribution in [0.4, 0.5) is 17.1 Å². The van der Waals surface area contributed by atoms with Crippen molar-refractivity contribution in [3.8, 4) is 0 Å². The molecule has 0 heterocycles. The van der Waals surface area contributed by atoms with Crippen molar-refractivity contribution in [3.05, 3.63) is 54.1 Å². The zero-order valence-electron chi connectivity index (χ0n) is 18.7. The van der Waals surface area contributed by atoms with Crippen molar-refractivity contribution in [2.45, 2.75) is 33.1 Å². The SMILES string of the molecule is CC(C)CC(=O)Nc1ccc(NCC(=O)Nc2ccc(CCC(=O)N(C)C)cc2)cc1. The second kappa shape index (κ2) is 11.7. The quantitative estimate of drug-likeness (QED) is 0.542. The molecule has 7 heteroatoms. The zero-order chi connectivity index (χ0) is 22.8. The van der Waals surface area contributed by atoms with Gasteiger partial charge >= 0.3 is 0 Å². The number of rotatable bonds is 10. The van der Waals surface area contributed by atoms with Crippen molar-refractivity contribution >= 4 is 34.8 Å². The van der Waals surface area contributed by atoms with Gasteiger partial charge in [0.1, 0.15) is 0 Å². The lowest BCUT2D eigenvalue weighted by atomic mass is 10.1. The van der Waals surface area contributed by atoms with E-state index < -0.39 is 0 Å². The number of nitrogens with zero attached hydrogens (tertiary/aromatic N) is 1. The fourth-order valence-corrected chi connectivity index (χ4v) is 2.87. The Hall–Kier alpha value is -3.35. The molecule has 0 aliphatic heterocycles. The third-order valence-electron chi connectivity index (χ3n) is 4.58. The summed E-state index contributed by atoms with van der Waals surface area (Å²) in [6.07, 6.45) is 1.61. The Kier molecular flexibility index (Phi) is 9.06. The lowest BCUT2D eigenvalue weighted by Crippen LogP contribution is -2.22. The molecule has 0 bridgehead atoms. The number of amides is 3. The van der Waals surface area contributed by atoms with Crippen molar-refractivity contribution in [2.24, 2.45) is 5.92 Å². The smallest absolute Gasteiger partial charge is 0.243 e. The van der Waals surface area contributed by atoms with Gasteiger partial charge < -0.3 is 20.9 Å². The molecule has 0 aromatic heterocycles. The molecule has 0 fully saturated rings. The van der Waals surface area contributed by atoms with Crippen LogP contribution in [0.2, 0.25) is 0 Å². The average Bonchev–Trinajstić information content (AvgIpc) is 2.71. The van der Waals surface area contributed by atoms with E-state index in [1.54, 1.807) is 31.1 Å². The first-order valence-corrected chi connectivity index (χ1v) is 10.5. The van der Waals surface area contributed by atoms with Crippen LogP contribution in [0.5, 0.6) is 0 Å². The Morgan fingerprint density at radius 2 is 1.32 bits per heavy atom. The maximum absolute atomic E-state index is 12.2. The first kappa shape index (κ1) is 23.9. The van der Waals surface area contributed by atoms with Gasteiger partial charge in [-0.15, -0.1) is 0 Å². The largest absolute Gasteiger partial charge is 0.376 e. The third kappa shape index (κ3) is 8.90. The average molecular weight is 425 g/mol. The Morgan fingerprint density at radius 3 is 1.87 bits per heavy atom. The van der Waals surface area contributed by atoms with Gasteiger partial charge in [0.15, 0.2) is 0 Å². The summed E-state index contributed by atoms with van der Waals surface area (Å²) < 4.78 is 0. The van der Waals surface area contributed by atoms with Gasteiger partial charge in [0.05, 0.1) is 6.54 Å². The van der Waals surface area contributed by atoms with Gasteiger partial charge in [-0.3, -0.25) is 14.4 Å². The first-order chi connectivity index (χ1) is 14.7. The van der Waals surface area contributed by atoms with Crippen molar-refractivity contribution < 1.29 is 14.4 Å². The van der Waals surface area contributed by atoms with Gasteiger partial charge in [-0.1, -0.05) is 26.0 Å². The lowest BCUT2D eigenvalue weighted by molar-refractivity contribution is -0.128. The van der Waals surface area contributed by atoms with Gasteiger partial charge in [-0.25, -0.2) is 0 Å². The van der Waals surface area contributed by atoms with Gasteiger partial charge in [-0.05, 0) is 54.3 Å². The molecule has 31 heavy (non-hydrogen) atoms. The molecule has 166 valence electrons. The van der Waals surface area contributed by atoms with Crippen LogP contribution in [-0.2, 0) is 20.8 Å². The molecule has 2 aromatic carbocycles. The van der Waals surface area contributed by atoms with E-state index >= 15 is 0 Å². The number of aryl methyl sites for hydroxylation is 1. The number of benzene rings is 2. The monoisotopic (exact) mass is 424 g/mol. The molecule has 0 saturated carbocycles. The van der Waals surface area contributed by atoms with Crippen LogP contribution in [0.25, 0.3) is 0 Å². The molecule has 7 nitrogen and oxygen atoms in total. The maximum Gasteiger partial charge on any atom is 0.243 e. The predicted molar refractivity (Wildman–Crippen MR) is 125 cm³/mol. The lowest BCUT2D eigenvalue weighted by Gasteiger charge is -2.11. The highest BCUT2D eigenvalue weighted by atomic mass is 16.2. The summed E-state index contributed by atoms with van der Waals surface area (Å²) in [4.78, 5) is 37.3. The normalized spacial score (nSPS) is 10.5. The molecule has 0 atom stereocenters. The number of hydrogen-bond donors (Lipinski definition) is 3. The minimum Gasteiger partial charge on any atom is -0.376 e. The Balaban J connectivity index is 1.76. The minimum absolute atomic E-state index is 0.00888. The molecule has 0 unspecified atom stereocenters. The van der Waals surface area contributed by atoms with Crippen molar-refractivity contribution in [2.75, 3.05) is 36.6 Å².